The molecule has 1 rings (SSSR count). The molecule has 0 aliphatic carbocycles. The number of hydrogen-bond donors (Lipinski definition) is 2. The predicted octanol–water partition coefficient (Wildman–Crippen LogP) is 2.40. The molecule has 1 aromatic rings. The van der Waals surface area contributed by atoms with Crippen molar-refractivity contribution in [2.24, 2.45) is 4.99 Å². The molecule has 0 saturated heterocycles. The van der Waals surface area contributed by atoms with Crippen LogP contribution in [0.2, 0.25) is 0 Å². The van der Waals surface area contributed by atoms with E-state index in [2.05, 4.69) is 43.1 Å². The summed E-state index contributed by atoms with van der Waals surface area (Å²) < 4.78 is 26.3. The highest BCUT2D eigenvalue weighted by molar-refractivity contribution is 14.0. The Bertz CT molecular complexity index is 608. The number of guanidine groups is 1. The Labute approximate surface area is 170 Å². The number of nitrogens with one attached hydrogen (secondary N) is 2. The van der Waals surface area contributed by atoms with Crippen LogP contribution in [0, 0.1) is 0 Å². The first-order valence-electron chi connectivity index (χ1n) is 7.59. The van der Waals surface area contributed by atoms with Crippen molar-refractivity contribution in [3.63, 3.8) is 0 Å². The third-order valence-electron chi connectivity index (χ3n) is 3.10. The van der Waals surface area contributed by atoms with Crippen molar-refractivity contribution < 1.29 is 8.42 Å². The Morgan fingerprint density at radius 1 is 1.25 bits per heavy atom. The molecule has 0 heterocycles. The highest BCUT2D eigenvalue weighted by atomic mass is 127. The normalized spacial score (nSPS) is 11.8. The van der Waals surface area contributed by atoms with Gasteiger partial charge in [-0.2, -0.15) is 0 Å². The molecular weight excluding hydrogens is 507 g/mol. The first-order chi connectivity index (χ1) is 10.9. The van der Waals surface area contributed by atoms with Gasteiger partial charge in [0.25, 0.3) is 0 Å². The highest BCUT2D eigenvalue weighted by Crippen LogP contribution is 2.11. The maximum absolute atomic E-state index is 11.4. The standard InChI is InChI=1S/C15H25BrN4O2S.HI/c1-4-17-15(18-10-11-19-23(21,22)5-2)20(3)12-13-6-8-14(16)9-7-13;/h6-9,19H,4-5,10-12H2,1-3H3,(H,17,18);1H. The van der Waals surface area contributed by atoms with Crippen LogP contribution in [0.5, 0.6) is 0 Å². The van der Waals surface area contributed by atoms with Gasteiger partial charge in [0.2, 0.25) is 10.0 Å². The van der Waals surface area contributed by atoms with Crippen molar-refractivity contribution in [3.8, 4) is 0 Å². The van der Waals surface area contributed by atoms with E-state index in [-0.39, 0.29) is 29.7 Å². The number of aliphatic imine (C=N–C) groups is 1. The molecule has 1 aromatic carbocycles. The van der Waals surface area contributed by atoms with Crippen LogP contribution in [0.4, 0.5) is 0 Å². The minimum Gasteiger partial charge on any atom is -0.357 e. The minimum atomic E-state index is -3.16. The number of rotatable bonds is 8. The zero-order chi connectivity index (χ0) is 17.3. The van der Waals surface area contributed by atoms with Crippen molar-refractivity contribution in [2.75, 3.05) is 32.4 Å². The first-order valence-corrected chi connectivity index (χ1v) is 10.0. The Balaban J connectivity index is 0.00000529. The van der Waals surface area contributed by atoms with Crippen LogP contribution < -0.4 is 10.0 Å². The van der Waals surface area contributed by atoms with Crippen LogP contribution in [0.15, 0.2) is 33.7 Å². The number of hydrogen-bond acceptors (Lipinski definition) is 3. The number of halogens is 2. The first kappa shape index (κ1) is 23.6. The number of benzene rings is 1. The van der Waals surface area contributed by atoms with Crippen molar-refractivity contribution in [2.45, 2.75) is 20.4 Å². The highest BCUT2D eigenvalue weighted by Gasteiger charge is 2.08. The average Bonchev–Trinajstić information content (AvgIpc) is 2.52. The van der Waals surface area contributed by atoms with Gasteiger partial charge >= 0.3 is 0 Å². The third kappa shape index (κ3) is 9.19. The fourth-order valence-corrected chi connectivity index (χ4v) is 2.74. The zero-order valence-corrected chi connectivity index (χ0v) is 19.0. The molecule has 0 spiro atoms. The Hall–Kier alpha value is -0.390. The lowest BCUT2D eigenvalue weighted by Gasteiger charge is -2.22. The quantitative estimate of drug-likeness (QED) is 0.233. The third-order valence-corrected chi connectivity index (χ3v) is 5.04. The molecule has 0 bridgehead atoms. The maximum Gasteiger partial charge on any atom is 0.211 e. The van der Waals surface area contributed by atoms with Crippen LogP contribution in [0.1, 0.15) is 19.4 Å². The largest absolute Gasteiger partial charge is 0.357 e. The molecule has 0 amide bonds. The summed E-state index contributed by atoms with van der Waals surface area (Å²) >= 11 is 3.42. The van der Waals surface area contributed by atoms with Gasteiger partial charge in [0.05, 0.1) is 12.3 Å². The van der Waals surface area contributed by atoms with Gasteiger partial charge in [-0.15, -0.1) is 24.0 Å². The number of sulfonamides is 1. The second-order valence-electron chi connectivity index (χ2n) is 5.02. The molecule has 6 nitrogen and oxygen atoms in total. The monoisotopic (exact) mass is 532 g/mol. The molecule has 24 heavy (non-hydrogen) atoms. The fourth-order valence-electron chi connectivity index (χ4n) is 1.87. The van der Waals surface area contributed by atoms with Crippen LogP contribution in [0.3, 0.4) is 0 Å². The van der Waals surface area contributed by atoms with E-state index in [0.717, 1.165) is 23.5 Å². The molecule has 0 aliphatic heterocycles. The average molecular weight is 533 g/mol. The van der Waals surface area contributed by atoms with Crippen molar-refractivity contribution in [1.29, 1.82) is 0 Å². The molecule has 0 radical (unpaired) electrons. The van der Waals surface area contributed by atoms with Crippen LogP contribution >= 0.6 is 39.9 Å². The summed E-state index contributed by atoms with van der Waals surface area (Å²) in [6.45, 7) is 5.79. The molecule has 9 heteroatoms. The van der Waals surface area contributed by atoms with Crippen molar-refractivity contribution in [3.05, 3.63) is 34.3 Å². The summed E-state index contributed by atoms with van der Waals surface area (Å²) in [7, 11) is -1.20. The summed E-state index contributed by atoms with van der Waals surface area (Å²) in [6.07, 6.45) is 0. The van der Waals surface area contributed by atoms with Gasteiger partial charge in [0.1, 0.15) is 0 Å². The van der Waals surface area contributed by atoms with E-state index in [4.69, 9.17) is 0 Å². The molecule has 138 valence electrons. The lowest BCUT2D eigenvalue weighted by atomic mass is 10.2. The molecule has 0 fully saturated rings. The molecular formula is C15H26BrIN4O2S. The van der Waals surface area contributed by atoms with Crippen LogP contribution in [-0.2, 0) is 16.6 Å². The molecule has 0 aliphatic rings. The van der Waals surface area contributed by atoms with E-state index in [1.54, 1.807) is 6.92 Å². The Morgan fingerprint density at radius 3 is 2.42 bits per heavy atom. The van der Waals surface area contributed by atoms with E-state index in [9.17, 15) is 8.42 Å². The van der Waals surface area contributed by atoms with E-state index >= 15 is 0 Å². The minimum absolute atomic E-state index is 0. The Kier molecular flexibility index (Phi) is 11.8. The Morgan fingerprint density at radius 2 is 1.88 bits per heavy atom. The smallest absolute Gasteiger partial charge is 0.211 e. The van der Waals surface area contributed by atoms with Gasteiger partial charge in [-0.05, 0) is 31.5 Å². The van der Waals surface area contributed by atoms with Gasteiger partial charge in [-0.1, -0.05) is 28.1 Å². The predicted molar refractivity (Wildman–Crippen MR) is 114 cm³/mol. The van der Waals surface area contributed by atoms with Gasteiger partial charge in [0.15, 0.2) is 5.96 Å². The summed E-state index contributed by atoms with van der Waals surface area (Å²) in [5.74, 6) is 0.839. The topological polar surface area (TPSA) is 73.8 Å². The van der Waals surface area contributed by atoms with E-state index in [1.165, 1.54) is 5.56 Å². The summed E-state index contributed by atoms with van der Waals surface area (Å²) in [6, 6.07) is 8.12. The molecule has 2 N–H and O–H groups in total. The summed E-state index contributed by atoms with van der Waals surface area (Å²) in [4.78, 5) is 6.47. The van der Waals surface area contributed by atoms with Gasteiger partial charge in [0, 0.05) is 31.2 Å². The van der Waals surface area contributed by atoms with Gasteiger partial charge in [-0.25, -0.2) is 13.1 Å². The molecule has 0 aromatic heterocycles. The van der Waals surface area contributed by atoms with E-state index in [0.29, 0.717) is 13.1 Å². The van der Waals surface area contributed by atoms with Gasteiger partial charge in [-0.3, -0.25) is 4.99 Å². The summed E-state index contributed by atoms with van der Waals surface area (Å²) in [5, 5.41) is 3.22. The summed E-state index contributed by atoms with van der Waals surface area (Å²) in [5.41, 5.74) is 1.17. The van der Waals surface area contributed by atoms with Crippen molar-refractivity contribution >= 4 is 55.9 Å². The molecule has 0 unspecified atom stereocenters. The fraction of sp³-hybridized carbons (Fsp3) is 0.533. The zero-order valence-electron chi connectivity index (χ0n) is 14.3. The van der Waals surface area contributed by atoms with Gasteiger partial charge < -0.3 is 10.2 Å². The second-order valence-corrected chi connectivity index (χ2v) is 8.03. The SMILES string of the molecule is CCNC(=NCCNS(=O)(=O)CC)N(C)Cc1ccc(Br)cc1.I. The van der Waals surface area contributed by atoms with Crippen molar-refractivity contribution in [1.82, 2.24) is 14.9 Å². The lowest BCUT2D eigenvalue weighted by molar-refractivity contribution is 0.477. The van der Waals surface area contributed by atoms with E-state index < -0.39 is 10.0 Å². The lowest BCUT2D eigenvalue weighted by Crippen LogP contribution is -2.39. The van der Waals surface area contributed by atoms with Crippen LogP contribution in [0.25, 0.3) is 0 Å². The maximum atomic E-state index is 11.4. The van der Waals surface area contributed by atoms with Crippen LogP contribution in [-0.4, -0.2) is 51.7 Å². The molecule has 0 saturated carbocycles. The second kappa shape index (κ2) is 12.0. The number of nitrogens with zero attached hydrogens (tertiary/aromatic N) is 2. The molecule has 0 atom stereocenters. The van der Waals surface area contributed by atoms with E-state index in [1.807, 2.05) is 31.0 Å².